The summed E-state index contributed by atoms with van der Waals surface area (Å²) in [5, 5.41) is 10.7. The molecule has 0 spiro atoms. The van der Waals surface area contributed by atoms with Crippen molar-refractivity contribution in [1.82, 2.24) is 16.0 Å². The van der Waals surface area contributed by atoms with E-state index in [-0.39, 0.29) is 29.5 Å². The van der Waals surface area contributed by atoms with Crippen LogP contribution in [0.5, 0.6) is 0 Å². The first-order valence-electron chi connectivity index (χ1n) is 9.04. The van der Waals surface area contributed by atoms with Crippen LogP contribution in [0.25, 0.3) is 0 Å². The van der Waals surface area contributed by atoms with E-state index in [1.54, 1.807) is 0 Å². The Bertz CT molecular complexity index is 503. The molecular weight excluding hydrogens is 427 g/mol. The van der Waals surface area contributed by atoms with Crippen molar-refractivity contribution in [1.29, 1.82) is 0 Å². The van der Waals surface area contributed by atoms with Gasteiger partial charge in [0.15, 0.2) is 5.96 Å². The molecule has 0 bridgehead atoms. The first kappa shape index (κ1) is 22.2. The van der Waals surface area contributed by atoms with Gasteiger partial charge in [-0.1, -0.05) is 37.3 Å². The molecule has 1 aromatic rings. The van der Waals surface area contributed by atoms with Crippen molar-refractivity contribution < 1.29 is 4.74 Å². The SMILES string of the molecule is CCCNC(=NC)NCC1(NC(C)c2ccccc2)CCOCC1.I. The van der Waals surface area contributed by atoms with E-state index in [9.17, 15) is 0 Å². The molecular formula is C19H33IN4O. The van der Waals surface area contributed by atoms with Crippen molar-refractivity contribution in [2.75, 3.05) is 33.4 Å². The van der Waals surface area contributed by atoms with Crippen LogP contribution in [-0.2, 0) is 4.74 Å². The van der Waals surface area contributed by atoms with E-state index >= 15 is 0 Å². The summed E-state index contributed by atoms with van der Waals surface area (Å²) < 4.78 is 5.60. The van der Waals surface area contributed by atoms with Gasteiger partial charge < -0.3 is 20.7 Å². The van der Waals surface area contributed by atoms with E-state index in [1.165, 1.54) is 5.56 Å². The minimum atomic E-state index is 0. The molecule has 1 unspecified atom stereocenters. The molecule has 1 heterocycles. The predicted octanol–water partition coefficient (Wildman–Crippen LogP) is 3.08. The normalized spacial score (nSPS) is 18.1. The second-order valence-corrected chi connectivity index (χ2v) is 6.52. The molecule has 0 saturated carbocycles. The van der Waals surface area contributed by atoms with Crippen LogP contribution in [0, 0.1) is 0 Å². The molecule has 3 N–H and O–H groups in total. The summed E-state index contributed by atoms with van der Waals surface area (Å²) in [6, 6.07) is 10.9. The van der Waals surface area contributed by atoms with Gasteiger partial charge in [0.2, 0.25) is 0 Å². The Morgan fingerprint density at radius 1 is 1.20 bits per heavy atom. The fourth-order valence-corrected chi connectivity index (χ4v) is 3.14. The monoisotopic (exact) mass is 460 g/mol. The third-order valence-electron chi connectivity index (χ3n) is 4.63. The number of guanidine groups is 1. The summed E-state index contributed by atoms with van der Waals surface area (Å²) in [7, 11) is 1.82. The molecule has 6 heteroatoms. The molecule has 1 aliphatic heterocycles. The van der Waals surface area contributed by atoms with Gasteiger partial charge in [0, 0.05) is 44.9 Å². The van der Waals surface area contributed by atoms with Gasteiger partial charge in [-0.15, -0.1) is 24.0 Å². The van der Waals surface area contributed by atoms with E-state index < -0.39 is 0 Å². The first-order chi connectivity index (χ1) is 11.7. The first-order valence-corrected chi connectivity index (χ1v) is 9.04. The van der Waals surface area contributed by atoms with Crippen molar-refractivity contribution in [2.24, 2.45) is 4.99 Å². The van der Waals surface area contributed by atoms with Crippen molar-refractivity contribution in [3.8, 4) is 0 Å². The molecule has 1 aromatic carbocycles. The Balaban J connectivity index is 0.00000312. The molecule has 25 heavy (non-hydrogen) atoms. The standard InChI is InChI=1S/C19H32N4O.HI/c1-4-12-21-18(20-3)22-15-19(10-13-24-14-11-19)23-16(2)17-8-6-5-7-9-17;/h5-9,16,23H,4,10-15H2,1-3H3,(H2,20,21,22);1H. The highest BCUT2D eigenvalue weighted by Crippen LogP contribution is 2.25. The Labute approximate surface area is 169 Å². The molecule has 5 nitrogen and oxygen atoms in total. The fourth-order valence-electron chi connectivity index (χ4n) is 3.14. The van der Waals surface area contributed by atoms with Crippen molar-refractivity contribution in [3.63, 3.8) is 0 Å². The number of hydrogen-bond donors (Lipinski definition) is 3. The number of rotatable bonds is 7. The van der Waals surface area contributed by atoms with Gasteiger partial charge in [-0.05, 0) is 31.7 Å². The summed E-state index contributed by atoms with van der Waals surface area (Å²) in [4.78, 5) is 4.31. The number of nitrogens with zero attached hydrogens (tertiary/aromatic N) is 1. The van der Waals surface area contributed by atoms with Crippen molar-refractivity contribution in [3.05, 3.63) is 35.9 Å². The van der Waals surface area contributed by atoms with Gasteiger partial charge in [-0.2, -0.15) is 0 Å². The minimum Gasteiger partial charge on any atom is -0.381 e. The summed E-state index contributed by atoms with van der Waals surface area (Å²) in [6.45, 7) is 7.77. The lowest BCUT2D eigenvalue weighted by Gasteiger charge is -2.41. The molecule has 0 radical (unpaired) electrons. The van der Waals surface area contributed by atoms with E-state index in [1.807, 2.05) is 7.05 Å². The number of halogens is 1. The average Bonchev–Trinajstić information content (AvgIpc) is 2.63. The molecule has 1 saturated heterocycles. The fraction of sp³-hybridized carbons (Fsp3) is 0.632. The van der Waals surface area contributed by atoms with Crippen molar-refractivity contribution >= 4 is 29.9 Å². The lowest BCUT2D eigenvalue weighted by molar-refractivity contribution is 0.0355. The molecule has 0 aromatic heterocycles. The summed E-state index contributed by atoms with van der Waals surface area (Å²) in [6.07, 6.45) is 3.09. The molecule has 0 aliphatic carbocycles. The lowest BCUT2D eigenvalue weighted by atomic mass is 9.88. The molecule has 1 fully saturated rings. The maximum atomic E-state index is 5.60. The largest absolute Gasteiger partial charge is 0.381 e. The molecule has 2 rings (SSSR count). The van der Waals surface area contributed by atoms with Crippen LogP contribution in [-0.4, -0.2) is 44.8 Å². The zero-order valence-electron chi connectivity index (χ0n) is 15.7. The third-order valence-corrected chi connectivity index (χ3v) is 4.63. The molecule has 1 aliphatic rings. The van der Waals surface area contributed by atoms with Gasteiger partial charge in [0.1, 0.15) is 0 Å². The number of nitrogens with one attached hydrogen (secondary N) is 3. The van der Waals surface area contributed by atoms with Gasteiger partial charge >= 0.3 is 0 Å². The maximum absolute atomic E-state index is 5.60. The summed E-state index contributed by atoms with van der Waals surface area (Å²) in [5.74, 6) is 0.872. The summed E-state index contributed by atoms with van der Waals surface area (Å²) in [5.41, 5.74) is 1.34. The van der Waals surface area contributed by atoms with Crippen LogP contribution in [0.1, 0.15) is 44.7 Å². The van der Waals surface area contributed by atoms with Crippen LogP contribution >= 0.6 is 24.0 Å². The Morgan fingerprint density at radius 3 is 2.48 bits per heavy atom. The number of hydrogen-bond acceptors (Lipinski definition) is 3. The Morgan fingerprint density at radius 2 is 1.88 bits per heavy atom. The molecule has 0 amide bonds. The highest BCUT2D eigenvalue weighted by molar-refractivity contribution is 14.0. The van der Waals surface area contributed by atoms with E-state index in [0.717, 1.165) is 51.5 Å². The van der Waals surface area contributed by atoms with Crippen LogP contribution < -0.4 is 16.0 Å². The minimum absolute atomic E-state index is 0. The second-order valence-electron chi connectivity index (χ2n) is 6.52. The van der Waals surface area contributed by atoms with E-state index in [4.69, 9.17) is 4.74 Å². The Hall–Kier alpha value is -0.860. The van der Waals surface area contributed by atoms with E-state index in [2.05, 4.69) is 65.1 Å². The molecule has 1 atom stereocenters. The van der Waals surface area contributed by atoms with E-state index in [0.29, 0.717) is 6.04 Å². The van der Waals surface area contributed by atoms with Gasteiger partial charge in [-0.25, -0.2) is 0 Å². The quantitative estimate of drug-likeness (QED) is 0.333. The van der Waals surface area contributed by atoms with Crippen LogP contribution in [0.3, 0.4) is 0 Å². The second kappa shape index (κ2) is 11.7. The zero-order valence-corrected chi connectivity index (χ0v) is 18.0. The van der Waals surface area contributed by atoms with Crippen LogP contribution in [0.15, 0.2) is 35.3 Å². The average molecular weight is 460 g/mol. The molecule has 142 valence electrons. The van der Waals surface area contributed by atoms with Crippen LogP contribution in [0.4, 0.5) is 0 Å². The predicted molar refractivity (Wildman–Crippen MR) is 116 cm³/mol. The Kier molecular flexibility index (Phi) is 10.4. The third kappa shape index (κ3) is 7.11. The van der Waals surface area contributed by atoms with Gasteiger partial charge in [0.25, 0.3) is 0 Å². The zero-order chi connectivity index (χ0) is 17.3. The van der Waals surface area contributed by atoms with Gasteiger partial charge in [-0.3, -0.25) is 4.99 Å². The number of benzene rings is 1. The maximum Gasteiger partial charge on any atom is 0.191 e. The smallest absolute Gasteiger partial charge is 0.191 e. The van der Waals surface area contributed by atoms with Crippen molar-refractivity contribution in [2.45, 2.75) is 44.7 Å². The van der Waals surface area contributed by atoms with Gasteiger partial charge in [0.05, 0.1) is 0 Å². The van der Waals surface area contributed by atoms with Crippen LogP contribution in [0.2, 0.25) is 0 Å². The highest BCUT2D eigenvalue weighted by atomic mass is 127. The highest BCUT2D eigenvalue weighted by Gasteiger charge is 2.34. The lowest BCUT2D eigenvalue weighted by Crippen LogP contribution is -2.58. The number of aliphatic imine (C=N–C) groups is 1. The topological polar surface area (TPSA) is 57.7 Å². The summed E-state index contributed by atoms with van der Waals surface area (Å²) >= 11 is 0. The number of ether oxygens (including phenoxy) is 1.